The molecule has 3 aliphatic heterocycles. The molecule has 3 aliphatic rings. The molecule has 2 saturated heterocycles. The minimum Gasteiger partial charge on any atom is -0.508 e. The van der Waals surface area contributed by atoms with Crippen molar-refractivity contribution in [2.75, 3.05) is 31.1 Å². The highest BCUT2D eigenvalue weighted by Crippen LogP contribution is 2.48. The van der Waals surface area contributed by atoms with Crippen LogP contribution in [0.25, 0.3) is 21.9 Å². The van der Waals surface area contributed by atoms with Crippen LogP contribution in [0.3, 0.4) is 0 Å². The van der Waals surface area contributed by atoms with Crippen molar-refractivity contribution in [3.8, 4) is 16.9 Å². The maximum Gasteiger partial charge on any atom is 0.245 e. The van der Waals surface area contributed by atoms with Gasteiger partial charge in [0.1, 0.15) is 11.6 Å². The Balaban J connectivity index is 1.47. The molecule has 6 nitrogen and oxygen atoms in total. The number of amides is 1. The monoisotopic (exact) mass is 503 g/mol. The predicted molar refractivity (Wildman–Crippen MR) is 142 cm³/mol. The topological polar surface area (TPSA) is 65.9 Å². The van der Waals surface area contributed by atoms with Gasteiger partial charge in [-0.2, -0.15) is 0 Å². The fraction of sp³-hybridized carbons (Fsp3) is 0.379. The van der Waals surface area contributed by atoms with Gasteiger partial charge in [-0.15, -0.1) is 0 Å². The van der Waals surface area contributed by atoms with E-state index in [-0.39, 0.29) is 22.7 Å². The third-order valence-corrected chi connectivity index (χ3v) is 8.26. The summed E-state index contributed by atoms with van der Waals surface area (Å²) in [5.41, 5.74) is 3.50. The molecule has 3 aromatic rings. The van der Waals surface area contributed by atoms with E-state index in [1.54, 1.807) is 12.1 Å². The zero-order valence-electron chi connectivity index (χ0n) is 20.7. The number of aromatic hydroxyl groups is 1. The average Bonchev–Trinajstić information content (AvgIpc) is 3.27. The maximum atomic E-state index is 12.0. The van der Waals surface area contributed by atoms with Gasteiger partial charge >= 0.3 is 0 Å². The Morgan fingerprint density at radius 3 is 2.78 bits per heavy atom. The van der Waals surface area contributed by atoms with Gasteiger partial charge in [-0.1, -0.05) is 42.4 Å². The molecule has 0 unspecified atom stereocenters. The minimum atomic E-state index is -0.324. The molecule has 6 rings (SSSR count). The first kappa shape index (κ1) is 23.3. The number of nitrogens with zero attached hydrogens (tertiary/aromatic N) is 3. The minimum absolute atomic E-state index is 0.00991. The lowest BCUT2D eigenvalue weighted by Gasteiger charge is -2.47. The van der Waals surface area contributed by atoms with E-state index >= 15 is 0 Å². The maximum absolute atomic E-state index is 12.0. The van der Waals surface area contributed by atoms with Gasteiger partial charge in [0.15, 0.2) is 0 Å². The number of hydrogen-bond acceptors (Lipinski definition) is 5. The number of halogens is 1. The number of hydrogen-bond donors (Lipinski definition) is 1. The number of aromatic nitrogens is 1. The lowest BCUT2D eigenvalue weighted by Crippen LogP contribution is -2.59. The Kier molecular flexibility index (Phi) is 5.32. The summed E-state index contributed by atoms with van der Waals surface area (Å²) in [5, 5.41) is 13.2. The van der Waals surface area contributed by atoms with Gasteiger partial charge in [0, 0.05) is 49.1 Å². The second-order valence-electron chi connectivity index (χ2n) is 11.1. The van der Waals surface area contributed by atoms with Crippen LogP contribution in [-0.4, -0.2) is 52.7 Å². The number of phenols is 1. The quantitative estimate of drug-likeness (QED) is 0.489. The zero-order valence-corrected chi connectivity index (χ0v) is 21.4. The van der Waals surface area contributed by atoms with Crippen molar-refractivity contribution in [2.45, 2.75) is 38.9 Å². The SMILES string of the molecule is C=CC(=O)N1CC2(CCN(c3nc4c(c(-c5cc(O)cc6ccccc56)c3Cl)COC(C)(C)C4)C2)C1. The molecule has 1 spiro atoms. The number of ether oxygens (including phenoxy) is 1. The van der Waals surface area contributed by atoms with E-state index in [1.807, 2.05) is 23.1 Å². The fourth-order valence-electron chi connectivity index (χ4n) is 6.07. The van der Waals surface area contributed by atoms with Gasteiger partial charge in [-0.3, -0.25) is 4.79 Å². The standard InChI is InChI=1S/C29H30ClN3O3/c1-4-24(35)33-16-29(17-33)9-10-32(15-29)27-26(30)25(22-14-36-28(2,3)13-23(22)31-27)21-12-19(34)11-18-7-5-6-8-20(18)21/h4-8,11-12,34H,1,9-10,13-17H2,2-3H3. The number of carbonyl (C=O) groups excluding carboxylic acids is 1. The first-order valence-electron chi connectivity index (χ1n) is 12.4. The van der Waals surface area contributed by atoms with Crippen LogP contribution in [0, 0.1) is 5.41 Å². The van der Waals surface area contributed by atoms with Gasteiger partial charge in [0.2, 0.25) is 5.91 Å². The predicted octanol–water partition coefficient (Wildman–Crippen LogP) is 5.34. The van der Waals surface area contributed by atoms with Gasteiger partial charge in [0.25, 0.3) is 0 Å². The third-order valence-electron chi connectivity index (χ3n) is 7.90. The molecular formula is C29H30ClN3O3. The summed E-state index contributed by atoms with van der Waals surface area (Å²) in [6, 6.07) is 11.6. The molecule has 0 radical (unpaired) electrons. The number of pyridine rings is 1. The van der Waals surface area contributed by atoms with Crippen LogP contribution in [0.1, 0.15) is 31.5 Å². The Hall–Kier alpha value is -3.09. The lowest BCUT2D eigenvalue weighted by molar-refractivity contribution is -0.136. The zero-order chi connectivity index (χ0) is 25.2. The van der Waals surface area contributed by atoms with Crippen molar-refractivity contribution in [3.63, 3.8) is 0 Å². The van der Waals surface area contributed by atoms with Crippen LogP contribution < -0.4 is 4.90 Å². The second-order valence-corrected chi connectivity index (χ2v) is 11.4. The average molecular weight is 504 g/mol. The molecule has 186 valence electrons. The second kappa shape index (κ2) is 8.22. The van der Waals surface area contributed by atoms with Crippen LogP contribution in [-0.2, 0) is 22.6 Å². The molecule has 1 amide bonds. The summed E-state index contributed by atoms with van der Waals surface area (Å²) in [4.78, 5) is 21.3. The highest BCUT2D eigenvalue weighted by atomic mass is 35.5. The normalized spacial score (nSPS) is 19.9. The number of benzene rings is 2. The number of rotatable bonds is 3. The van der Waals surface area contributed by atoms with Gasteiger partial charge < -0.3 is 19.6 Å². The van der Waals surface area contributed by atoms with E-state index in [0.717, 1.165) is 71.6 Å². The number of fused-ring (bicyclic) bond motifs is 2. The van der Waals surface area contributed by atoms with Crippen molar-refractivity contribution in [1.82, 2.24) is 9.88 Å². The smallest absolute Gasteiger partial charge is 0.245 e. The van der Waals surface area contributed by atoms with Crippen molar-refractivity contribution >= 4 is 34.1 Å². The fourth-order valence-corrected chi connectivity index (χ4v) is 6.45. The van der Waals surface area contributed by atoms with Crippen molar-refractivity contribution in [1.29, 1.82) is 0 Å². The summed E-state index contributed by atoms with van der Waals surface area (Å²) < 4.78 is 6.20. The summed E-state index contributed by atoms with van der Waals surface area (Å²) >= 11 is 7.22. The molecule has 1 aromatic heterocycles. The van der Waals surface area contributed by atoms with Crippen LogP contribution >= 0.6 is 11.6 Å². The molecule has 2 aromatic carbocycles. The van der Waals surface area contributed by atoms with Crippen LogP contribution in [0.15, 0.2) is 49.1 Å². The van der Waals surface area contributed by atoms with E-state index < -0.39 is 0 Å². The van der Waals surface area contributed by atoms with Crippen LogP contribution in [0.5, 0.6) is 5.75 Å². The van der Waals surface area contributed by atoms with Crippen molar-refractivity contribution < 1.29 is 14.6 Å². The molecule has 0 atom stereocenters. The third kappa shape index (κ3) is 3.75. The molecule has 2 fully saturated rings. The molecule has 0 bridgehead atoms. The molecule has 0 saturated carbocycles. The van der Waals surface area contributed by atoms with E-state index in [2.05, 4.69) is 31.4 Å². The van der Waals surface area contributed by atoms with E-state index in [9.17, 15) is 9.90 Å². The number of anilines is 1. The van der Waals surface area contributed by atoms with Gasteiger partial charge in [-0.05, 0) is 54.8 Å². The Morgan fingerprint density at radius 2 is 2.00 bits per heavy atom. The lowest BCUT2D eigenvalue weighted by atomic mass is 9.79. The molecular weight excluding hydrogens is 474 g/mol. The number of phenolic OH excluding ortho intramolecular Hbond substituents is 1. The highest BCUT2D eigenvalue weighted by Gasteiger charge is 2.49. The first-order chi connectivity index (χ1) is 17.2. The van der Waals surface area contributed by atoms with Crippen LogP contribution in [0.4, 0.5) is 5.82 Å². The Labute approximate surface area is 216 Å². The van der Waals surface area contributed by atoms with E-state index in [0.29, 0.717) is 18.1 Å². The molecule has 0 aliphatic carbocycles. The number of likely N-dealkylation sites (tertiary alicyclic amines) is 1. The summed E-state index contributed by atoms with van der Waals surface area (Å²) in [6.45, 7) is 11.3. The number of carbonyl (C=O) groups is 1. The summed E-state index contributed by atoms with van der Waals surface area (Å²) in [6.07, 6.45) is 3.05. The van der Waals surface area contributed by atoms with Crippen LogP contribution in [0.2, 0.25) is 5.02 Å². The van der Waals surface area contributed by atoms with Gasteiger partial charge in [0.05, 0.1) is 22.9 Å². The summed E-state index contributed by atoms with van der Waals surface area (Å²) in [5.74, 6) is 0.968. The Bertz CT molecular complexity index is 1410. The molecule has 1 N–H and O–H groups in total. The largest absolute Gasteiger partial charge is 0.508 e. The summed E-state index contributed by atoms with van der Waals surface area (Å²) in [7, 11) is 0. The molecule has 4 heterocycles. The molecule has 36 heavy (non-hydrogen) atoms. The highest BCUT2D eigenvalue weighted by molar-refractivity contribution is 6.36. The van der Waals surface area contributed by atoms with E-state index in [1.165, 1.54) is 6.08 Å². The molecule has 7 heteroatoms. The van der Waals surface area contributed by atoms with Crippen molar-refractivity contribution in [3.05, 3.63) is 65.3 Å². The van der Waals surface area contributed by atoms with Crippen molar-refractivity contribution in [2.24, 2.45) is 5.41 Å². The van der Waals surface area contributed by atoms with Gasteiger partial charge in [-0.25, -0.2) is 4.98 Å². The van der Waals surface area contributed by atoms with E-state index in [4.69, 9.17) is 21.3 Å². The first-order valence-corrected chi connectivity index (χ1v) is 12.8. The Morgan fingerprint density at radius 1 is 1.22 bits per heavy atom.